The Morgan fingerprint density at radius 2 is 1.62 bits per heavy atom. The van der Waals surface area contributed by atoms with E-state index in [1.54, 1.807) is 12.4 Å². The van der Waals surface area contributed by atoms with Crippen molar-refractivity contribution in [2.45, 2.75) is 91.5 Å². The Balaban J connectivity index is 1.63. The van der Waals surface area contributed by atoms with Gasteiger partial charge in [-0.1, -0.05) is 44.6 Å². The largest absolute Gasteiger partial charge is 0.383 e. The van der Waals surface area contributed by atoms with Crippen molar-refractivity contribution in [1.29, 1.82) is 5.41 Å². The summed E-state index contributed by atoms with van der Waals surface area (Å²) in [5.41, 5.74) is 5.13. The number of hydrogen-bond donors (Lipinski definition) is 3. The number of rotatable bonds is 6. The first-order valence-corrected chi connectivity index (χ1v) is 16.9. The summed E-state index contributed by atoms with van der Waals surface area (Å²) < 4.78 is 0.675. The molecule has 2 aromatic heterocycles. The summed E-state index contributed by atoms with van der Waals surface area (Å²) in [6.07, 6.45) is 13.6. The summed E-state index contributed by atoms with van der Waals surface area (Å²) in [5, 5.41) is 15.4. The number of carbonyl (C=O) groups excluding carboxylic acids is 2. The zero-order valence-electron chi connectivity index (χ0n) is 27.0. The number of amides is 1. The number of anilines is 2. The molecule has 4 rings (SSSR count). The van der Waals surface area contributed by atoms with Crippen LogP contribution in [0.2, 0.25) is 0 Å². The zero-order chi connectivity index (χ0) is 32.3. The molecule has 0 radical (unpaired) electrons. The topological polar surface area (TPSA) is 124 Å². The molecule has 0 saturated heterocycles. The van der Waals surface area contributed by atoms with E-state index in [2.05, 4.69) is 52.5 Å². The number of Topliss-reactive ketones (excluding diaryl/α,β-unsaturated/α-hetero) is 1. The fraction of sp³-hybridized carbons (Fsp3) is 0.486. The van der Waals surface area contributed by atoms with Crippen LogP contribution in [0.1, 0.15) is 87.7 Å². The highest BCUT2D eigenvalue weighted by molar-refractivity contribution is 9.10. The van der Waals surface area contributed by atoms with Gasteiger partial charge in [0.05, 0.1) is 6.04 Å². The van der Waals surface area contributed by atoms with Gasteiger partial charge in [-0.15, -0.1) is 0 Å². The first kappa shape index (κ1) is 34.4. The molecule has 0 saturated carbocycles. The Bertz CT molecular complexity index is 1490. The summed E-state index contributed by atoms with van der Waals surface area (Å²) >= 11 is 3.41. The van der Waals surface area contributed by atoms with Crippen LogP contribution in [0.5, 0.6) is 0 Å². The number of hydrogen-bond acceptors (Lipinski definition) is 8. The van der Waals surface area contributed by atoms with Crippen molar-refractivity contribution in [3.05, 3.63) is 63.8 Å². The molecular weight excluding hydrogens is 630 g/mol. The highest BCUT2D eigenvalue weighted by Crippen LogP contribution is 2.31. The third-order valence-corrected chi connectivity index (χ3v) is 8.97. The number of pyridine rings is 1. The number of benzene rings is 1. The molecule has 1 atom stereocenters. The highest BCUT2D eigenvalue weighted by atomic mass is 79.9. The van der Waals surface area contributed by atoms with Crippen LogP contribution in [-0.4, -0.2) is 62.9 Å². The number of carbonyl (C=O) groups is 2. The second-order valence-corrected chi connectivity index (χ2v) is 12.8. The maximum absolute atomic E-state index is 13.4. The SMILES string of the molecule is CC(=O)C(=N)c1cc(-c2cnc(C)nc2)cc2c1NCCN([C@@H](C)C(=O)Nc1nc(Br)ccc1C)CCCCCCCCCC2. The number of ketones is 1. The molecule has 0 bridgehead atoms. The van der Waals surface area contributed by atoms with Crippen molar-refractivity contribution in [3.8, 4) is 11.1 Å². The summed E-state index contributed by atoms with van der Waals surface area (Å²) in [6, 6.07) is 7.48. The summed E-state index contributed by atoms with van der Waals surface area (Å²) in [6.45, 7) is 9.16. The summed E-state index contributed by atoms with van der Waals surface area (Å²) in [4.78, 5) is 41.4. The molecule has 45 heavy (non-hydrogen) atoms. The fourth-order valence-electron chi connectivity index (χ4n) is 5.74. The van der Waals surface area contributed by atoms with Gasteiger partial charge in [0.2, 0.25) is 5.91 Å². The molecule has 0 aliphatic carbocycles. The third-order valence-electron chi connectivity index (χ3n) is 8.53. The Kier molecular flexibility index (Phi) is 12.8. The van der Waals surface area contributed by atoms with Gasteiger partial charge in [-0.2, -0.15) is 0 Å². The monoisotopic (exact) mass is 675 g/mol. The lowest BCUT2D eigenvalue weighted by atomic mass is 9.92. The van der Waals surface area contributed by atoms with E-state index in [0.717, 1.165) is 66.6 Å². The predicted molar refractivity (Wildman–Crippen MR) is 185 cm³/mol. The lowest BCUT2D eigenvalue weighted by Crippen LogP contribution is -2.45. The van der Waals surface area contributed by atoms with Gasteiger partial charge in [0.15, 0.2) is 5.78 Å². The molecule has 9 nitrogen and oxygen atoms in total. The van der Waals surface area contributed by atoms with E-state index in [4.69, 9.17) is 5.41 Å². The first-order chi connectivity index (χ1) is 21.6. The number of fused-ring (bicyclic) bond motifs is 1. The summed E-state index contributed by atoms with van der Waals surface area (Å²) in [7, 11) is 0. The molecule has 0 unspecified atom stereocenters. The fourth-order valence-corrected chi connectivity index (χ4v) is 6.05. The van der Waals surface area contributed by atoms with Crippen LogP contribution in [-0.2, 0) is 16.0 Å². The van der Waals surface area contributed by atoms with Crippen molar-refractivity contribution < 1.29 is 9.59 Å². The van der Waals surface area contributed by atoms with Crippen LogP contribution in [0, 0.1) is 19.3 Å². The molecule has 3 aromatic rings. The molecule has 240 valence electrons. The predicted octanol–water partition coefficient (Wildman–Crippen LogP) is 7.29. The van der Waals surface area contributed by atoms with E-state index in [0.29, 0.717) is 34.9 Å². The van der Waals surface area contributed by atoms with Crippen LogP contribution < -0.4 is 10.6 Å². The first-order valence-electron chi connectivity index (χ1n) is 16.1. The quantitative estimate of drug-likeness (QED) is 0.185. The average molecular weight is 677 g/mol. The average Bonchev–Trinajstić information content (AvgIpc) is 3.02. The van der Waals surface area contributed by atoms with Crippen LogP contribution >= 0.6 is 15.9 Å². The van der Waals surface area contributed by atoms with Crippen molar-refractivity contribution in [2.75, 3.05) is 30.3 Å². The van der Waals surface area contributed by atoms with Crippen molar-refractivity contribution >= 4 is 44.8 Å². The molecule has 1 aliphatic rings. The van der Waals surface area contributed by atoms with Gasteiger partial charge >= 0.3 is 0 Å². The molecule has 3 N–H and O–H groups in total. The number of nitrogens with zero attached hydrogens (tertiary/aromatic N) is 4. The second-order valence-electron chi connectivity index (χ2n) is 12.0. The molecule has 1 aromatic carbocycles. The highest BCUT2D eigenvalue weighted by Gasteiger charge is 2.23. The molecule has 1 amide bonds. The van der Waals surface area contributed by atoms with Gasteiger partial charge in [-0.05, 0) is 97.4 Å². The normalized spacial score (nSPS) is 16.2. The minimum Gasteiger partial charge on any atom is -0.383 e. The summed E-state index contributed by atoms with van der Waals surface area (Å²) in [5.74, 6) is 0.872. The molecule has 0 fully saturated rings. The second kappa shape index (κ2) is 16.7. The Morgan fingerprint density at radius 3 is 2.31 bits per heavy atom. The van der Waals surface area contributed by atoms with Crippen LogP contribution in [0.15, 0.2) is 41.3 Å². The van der Waals surface area contributed by atoms with Gasteiger partial charge in [0.25, 0.3) is 0 Å². The molecule has 3 heterocycles. The zero-order valence-corrected chi connectivity index (χ0v) is 28.6. The van der Waals surface area contributed by atoms with E-state index in [1.807, 2.05) is 39.0 Å². The number of nitrogens with one attached hydrogen (secondary N) is 3. The van der Waals surface area contributed by atoms with E-state index < -0.39 is 0 Å². The van der Waals surface area contributed by atoms with Crippen molar-refractivity contribution in [3.63, 3.8) is 0 Å². The minimum atomic E-state index is -0.371. The Morgan fingerprint density at radius 1 is 0.956 bits per heavy atom. The van der Waals surface area contributed by atoms with Gasteiger partial charge < -0.3 is 10.6 Å². The minimum absolute atomic E-state index is 0.0236. The standard InChI is InChI=1S/C35H46BrN7O2/c1-23-14-15-31(36)41-34(23)42-35(45)24(2)43-17-12-10-8-6-5-7-9-11-13-27-19-28(29-21-39-26(4)40-22-29)20-30(32(37)25(3)44)33(27)38-16-18-43/h14-15,19-22,24,37-38H,5-13,16-18H2,1-4H3,(H,41,42,45)/t24-/m0/s1. The van der Waals surface area contributed by atoms with E-state index in [1.165, 1.54) is 32.6 Å². The van der Waals surface area contributed by atoms with Gasteiger partial charge in [0.1, 0.15) is 22.0 Å². The van der Waals surface area contributed by atoms with Crippen LogP contribution in [0.3, 0.4) is 0 Å². The number of halogens is 1. The lowest BCUT2D eigenvalue weighted by Gasteiger charge is -2.29. The third kappa shape index (κ3) is 9.74. The number of aryl methyl sites for hydroxylation is 3. The van der Waals surface area contributed by atoms with Crippen molar-refractivity contribution in [2.24, 2.45) is 0 Å². The molecular formula is C35H46BrN7O2. The van der Waals surface area contributed by atoms with Crippen molar-refractivity contribution in [1.82, 2.24) is 19.9 Å². The van der Waals surface area contributed by atoms with Crippen LogP contribution in [0.4, 0.5) is 11.5 Å². The van der Waals surface area contributed by atoms with E-state index >= 15 is 0 Å². The lowest BCUT2D eigenvalue weighted by molar-refractivity contribution is -0.120. The Labute approximate surface area is 275 Å². The maximum Gasteiger partial charge on any atom is 0.242 e. The molecule has 0 spiro atoms. The maximum atomic E-state index is 13.4. The molecule has 1 aliphatic heterocycles. The van der Waals surface area contributed by atoms with Gasteiger partial charge in [-0.25, -0.2) is 15.0 Å². The van der Waals surface area contributed by atoms with E-state index in [9.17, 15) is 9.59 Å². The Hall–Kier alpha value is -3.50. The number of aromatic nitrogens is 3. The smallest absolute Gasteiger partial charge is 0.242 e. The van der Waals surface area contributed by atoms with E-state index in [-0.39, 0.29) is 23.4 Å². The van der Waals surface area contributed by atoms with Gasteiger partial charge in [0, 0.05) is 49.2 Å². The molecule has 10 heteroatoms. The van der Waals surface area contributed by atoms with Gasteiger partial charge in [-0.3, -0.25) is 19.9 Å². The van der Waals surface area contributed by atoms with Crippen LogP contribution in [0.25, 0.3) is 11.1 Å².